The third-order valence-electron chi connectivity index (χ3n) is 3.58. The third-order valence-corrected chi connectivity index (χ3v) is 3.58. The Morgan fingerprint density at radius 2 is 1.80 bits per heavy atom. The number of rotatable bonds is 7. The number of likely N-dealkylation sites (N-methyl/N-ethyl adjacent to an activating group) is 1. The van der Waals surface area contributed by atoms with Gasteiger partial charge >= 0.3 is 0 Å². The van der Waals surface area contributed by atoms with Crippen molar-refractivity contribution < 1.29 is 14.3 Å². The van der Waals surface area contributed by atoms with Crippen LogP contribution in [0.15, 0.2) is 48.5 Å². The lowest BCUT2D eigenvalue weighted by Gasteiger charge is -2.12. The number of para-hydroxylation sites is 1. The van der Waals surface area contributed by atoms with E-state index in [1.807, 2.05) is 19.0 Å². The number of carbonyl (C=O) groups is 2. The number of amides is 2. The van der Waals surface area contributed by atoms with Crippen LogP contribution in [0, 0.1) is 0 Å². The van der Waals surface area contributed by atoms with Crippen LogP contribution in [0.25, 0.3) is 0 Å². The highest BCUT2D eigenvalue weighted by molar-refractivity contribution is 6.06. The van der Waals surface area contributed by atoms with Crippen molar-refractivity contribution in [2.45, 2.75) is 0 Å². The van der Waals surface area contributed by atoms with Gasteiger partial charge < -0.3 is 20.3 Å². The van der Waals surface area contributed by atoms with E-state index < -0.39 is 0 Å². The summed E-state index contributed by atoms with van der Waals surface area (Å²) in [5, 5.41) is 5.64. The molecule has 2 aromatic rings. The van der Waals surface area contributed by atoms with Crippen LogP contribution in [-0.2, 0) is 0 Å². The SMILES string of the molecule is COc1ccccc1C(=O)Nc1cccc(C(=O)NCCN(C)C)c1. The van der Waals surface area contributed by atoms with Crippen LogP contribution in [0.4, 0.5) is 5.69 Å². The normalized spacial score (nSPS) is 10.4. The molecule has 0 saturated carbocycles. The molecule has 0 aliphatic heterocycles. The van der Waals surface area contributed by atoms with E-state index in [0.717, 1.165) is 6.54 Å². The topological polar surface area (TPSA) is 70.7 Å². The van der Waals surface area contributed by atoms with Gasteiger partial charge in [-0.25, -0.2) is 0 Å². The molecule has 2 rings (SSSR count). The summed E-state index contributed by atoms with van der Waals surface area (Å²) in [7, 11) is 5.41. The minimum atomic E-state index is -0.289. The highest BCUT2D eigenvalue weighted by atomic mass is 16.5. The molecule has 0 radical (unpaired) electrons. The van der Waals surface area contributed by atoms with Crippen molar-refractivity contribution in [1.29, 1.82) is 0 Å². The predicted octanol–water partition coefficient (Wildman–Crippen LogP) is 2.24. The Morgan fingerprint density at radius 3 is 2.52 bits per heavy atom. The average molecular weight is 341 g/mol. The van der Waals surface area contributed by atoms with Crippen molar-refractivity contribution >= 4 is 17.5 Å². The zero-order valence-corrected chi connectivity index (χ0v) is 14.7. The number of ether oxygens (including phenoxy) is 1. The van der Waals surface area contributed by atoms with Gasteiger partial charge in [0.05, 0.1) is 12.7 Å². The van der Waals surface area contributed by atoms with Gasteiger partial charge in [0.25, 0.3) is 11.8 Å². The van der Waals surface area contributed by atoms with Crippen molar-refractivity contribution in [1.82, 2.24) is 10.2 Å². The fourth-order valence-electron chi connectivity index (χ4n) is 2.26. The monoisotopic (exact) mass is 341 g/mol. The number of hydrogen-bond acceptors (Lipinski definition) is 4. The van der Waals surface area contributed by atoms with Crippen LogP contribution in [0.1, 0.15) is 20.7 Å². The molecule has 0 unspecified atom stereocenters. The first-order chi connectivity index (χ1) is 12.0. The lowest BCUT2D eigenvalue weighted by atomic mass is 10.1. The van der Waals surface area contributed by atoms with Gasteiger partial charge in [-0.15, -0.1) is 0 Å². The van der Waals surface area contributed by atoms with E-state index >= 15 is 0 Å². The molecule has 0 aliphatic rings. The smallest absolute Gasteiger partial charge is 0.259 e. The molecule has 0 heterocycles. The molecule has 0 fully saturated rings. The minimum absolute atomic E-state index is 0.171. The van der Waals surface area contributed by atoms with E-state index in [1.54, 1.807) is 48.5 Å². The molecular formula is C19H23N3O3. The summed E-state index contributed by atoms with van der Waals surface area (Å²) in [6.45, 7) is 1.32. The summed E-state index contributed by atoms with van der Waals surface area (Å²) >= 11 is 0. The molecular weight excluding hydrogens is 318 g/mol. The molecule has 6 heteroatoms. The number of nitrogens with zero attached hydrogens (tertiary/aromatic N) is 1. The van der Waals surface area contributed by atoms with Crippen LogP contribution in [0.5, 0.6) is 5.75 Å². The molecule has 2 N–H and O–H groups in total. The lowest BCUT2D eigenvalue weighted by Crippen LogP contribution is -2.31. The van der Waals surface area contributed by atoms with Gasteiger partial charge in [-0.1, -0.05) is 18.2 Å². The van der Waals surface area contributed by atoms with Crippen LogP contribution in [0.2, 0.25) is 0 Å². The van der Waals surface area contributed by atoms with Gasteiger partial charge in [0.15, 0.2) is 0 Å². The fraction of sp³-hybridized carbons (Fsp3) is 0.263. The second-order valence-electron chi connectivity index (χ2n) is 5.79. The maximum atomic E-state index is 12.4. The number of nitrogens with one attached hydrogen (secondary N) is 2. The predicted molar refractivity (Wildman–Crippen MR) is 98.3 cm³/mol. The van der Waals surface area contributed by atoms with Crippen molar-refractivity contribution in [3.63, 3.8) is 0 Å². The third kappa shape index (κ3) is 5.32. The van der Waals surface area contributed by atoms with E-state index in [0.29, 0.717) is 29.1 Å². The molecule has 25 heavy (non-hydrogen) atoms. The molecule has 0 bridgehead atoms. The first-order valence-corrected chi connectivity index (χ1v) is 7.98. The Bertz CT molecular complexity index is 744. The summed E-state index contributed by atoms with van der Waals surface area (Å²) in [5.41, 5.74) is 1.48. The number of methoxy groups -OCH3 is 1. The summed E-state index contributed by atoms with van der Waals surface area (Å²) in [6, 6.07) is 13.8. The van der Waals surface area contributed by atoms with E-state index in [4.69, 9.17) is 4.74 Å². The van der Waals surface area contributed by atoms with Gasteiger partial charge in [-0.3, -0.25) is 9.59 Å². The molecule has 0 saturated heterocycles. The standard InChI is InChI=1S/C19H23N3O3/c1-22(2)12-11-20-18(23)14-7-6-8-15(13-14)21-19(24)16-9-4-5-10-17(16)25-3/h4-10,13H,11-12H2,1-3H3,(H,20,23)(H,21,24). The van der Waals surface area contributed by atoms with Gasteiger partial charge in [-0.05, 0) is 44.4 Å². The molecule has 0 aliphatic carbocycles. The first-order valence-electron chi connectivity index (χ1n) is 7.98. The second kappa shape index (κ2) is 8.84. The summed E-state index contributed by atoms with van der Waals surface area (Å²) < 4.78 is 5.20. The summed E-state index contributed by atoms with van der Waals surface area (Å²) in [6.07, 6.45) is 0. The molecule has 132 valence electrons. The number of carbonyl (C=O) groups excluding carboxylic acids is 2. The van der Waals surface area contributed by atoms with Crippen LogP contribution in [0.3, 0.4) is 0 Å². The Kier molecular flexibility index (Phi) is 6.54. The van der Waals surface area contributed by atoms with Gasteiger partial charge in [-0.2, -0.15) is 0 Å². The highest BCUT2D eigenvalue weighted by Crippen LogP contribution is 2.19. The molecule has 0 atom stereocenters. The van der Waals surface area contributed by atoms with Gasteiger partial charge in [0.2, 0.25) is 0 Å². The number of anilines is 1. The average Bonchev–Trinajstić information content (AvgIpc) is 2.61. The Morgan fingerprint density at radius 1 is 1.04 bits per heavy atom. The van der Waals surface area contributed by atoms with E-state index in [9.17, 15) is 9.59 Å². The van der Waals surface area contributed by atoms with Crippen molar-refractivity contribution in [2.24, 2.45) is 0 Å². The molecule has 2 amide bonds. The lowest BCUT2D eigenvalue weighted by molar-refractivity contribution is 0.0949. The maximum absolute atomic E-state index is 12.4. The van der Waals surface area contributed by atoms with Gasteiger partial charge in [0.1, 0.15) is 5.75 Å². The Hall–Kier alpha value is -2.86. The molecule has 6 nitrogen and oxygen atoms in total. The zero-order chi connectivity index (χ0) is 18.2. The molecule has 0 spiro atoms. The first kappa shape index (κ1) is 18.5. The van der Waals surface area contributed by atoms with E-state index in [-0.39, 0.29) is 11.8 Å². The van der Waals surface area contributed by atoms with E-state index in [1.165, 1.54) is 7.11 Å². The zero-order valence-electron chi connectivity index (χ0n) is 14.7. The number of benzene rings is 2. The highest BCUT2D eigenvalue weighted by Gasteiger charge is 2.12. The summed E-state index contributed by atoms with van der Waals surface area (Å²) in [4.78, 5) is 26.6. The van der Waals surface area contributed by atoms with E-state index in [2.05, 4.69) is 10.6 Å². The minimum Gasteiger partial charge on any atom is -0.496 e. The van der Waals surface area contributed by atoms with Crippen LogP contribution in [-0.4, -0.2) is 51.0 Å². The Labute approximate surface area is 147 Å². The van der Waals surface area contributed by atoms with Crippen molar-refractivity contribution in [3.8, 4) is 5.75 Å². The molecule has 2 aromatic carbocycles. The fourth-order valence-corrected chi connectivity index (χ4v) is 2.26. The van der Waals surface area contributed by atoms with Crippen LogP contribution < -0.4 is 15.4 Å². The van der Waals surface area contributed by atoms with Crippen molar-refractivity contribution in [3.05, 3.63) is 59.7 Å². The van der Waals surface area contributed by atoms with Crippen LogP contribution >= 0.6 is 0 Å². The second-order valence-corrected chi connectivity index (χ2v) is 5.79. The Balaban J connectivity index is 2.06. The van der Waals surface area contributed by atoms with Gasteiger partial charge in [0, 0.05) is 24.3 Å². The maximum Gasteiger partial charge on any atom is 0.259 e. The quantitative estimate of drug-likeness (QED) is 0.810. The number of hydrogen-bond donors (Lipinski definition) is 2. The van der Waals surface area contributed by atoms with Crippen molar-refractivity contribution in [2.75, 3.05) is 39.6 Å². The molecule has 0 aromatic heterocycles. The summed E-state index contributed by atoms with van der Waals surface area (Å²) in [5.74, 6) is 0.0374. The largest absolute Gasteiger partial charge is 0.496 e.